The molecule has 14 nitrogen and oxygen atoms in total. The van der Waals surface area contributed by atoms with Crippen LogP contribution in [-0.4, -0.2) is 48.3 Å². The maximum Gasteiger partial charge on any atom is 0.470 e. The number of hydrogen-bond acceptors (Lipinski definition) is 10. The van der Waals surface area contributed by atoms with Crippen LogP contribution in [0.2, 0.25) is 0 Å². The first-order chi connectivity index (χ1) is 27.2. The van der Waals surface area contributed by atoms with Crippen LogP contribution in [0.5, 0.6) is 5.75 Å². The molecule has 10 rings (SSSR count). The van der Waals surface area contributed by atoms with Gasteiger partial charge in [-0.25, -0.2) is 14.5 Å². The Morgan fingerprint density at radius 3 is 2.60 bits per heavy atom. The van der Waals surface area contributed by atoms with Gasteiger partial charge < -0.3 is 38.6 Å². The summed E-state index contributed by atoms with van der Waals surface area (Å²) in [6.45, 7) is 7.15. The topological polar surface area (TPSA) is 191 Å². The van der Waals surface area contributed by atoms with E-state index in [9.17, 15) is 23.9 Å². The minimum Gasteiger partial charge on any atom is -0.469 e. The molecule has 1 spiro atoms. The fraction of sp³-hybridized carbons (Fsp3) is 0.333. The maximum absolute atomic E-state index is 14.4. The number of rotatable bonds is 7. The monoisotopic (exact) mass is 789 g/mol. The molecule has 5 unspecified atom stereocenters. The first-order valence-corrected chi connectivity index (χ1v) is 20.6. The molecule has 57 heavy (non-hydrogen) atoms. The number of ketones is 1. The van der Waals surface area contributed by atoms with Gasteiger partial charge in [-0.3, -0.25) is 14.1 Å². The second kappa shape index (κ2) is 12.5. The summed E-state index contributed by atoms with van der Waals surface area (Å²) < 4.78 is 39.4. The lowest BCUT2D eigenvalue weighted by atomic mass is 9.72. The molecule has 0 radical (unpaired) electrons. The second-order valence-corrected chi connectivity index (χ2v) is 17.4. The van der Waals surface area contributed by atoms with Gasteiger partial charge in [-0.05, 0) is 41.5 Å². The molecular weight excluding hydrogens is 749 g/mol. The highest BCUT2D eigenvalue weighted by molar-refractivity contribution is 7.46. The number of aromatic nitrogens is 3. The van der Waals surface area contributed by atoms with E-state index in [0.29, 0.717) is 23.0 Å². The average Bonchev–Trinajstić information content (AvgIpc) is 3.98. The summed E-state index contributed by atoms with van der Waals surface area (Å²) in [5.74, 6) is -0.697. The Morgan fingerprint density at radius 2 is 1.82 bits per heavy atom. The smallest absolute Gasteiger partial charge is 0.469 e. The Hall–Kier alpha value is -5.53. The summed E-state index contributed by atoms with van der Waals surface area (Å²) in [4.78, 5) is 57.4. The van der Waals surface area contributed by atoms with Crippen LogP contribution in [0.25, 0.3) is 44.9 Å². The fourth-order valence-electron chi connectivity index (χ4n) is 9.28. The van der Waals surface area contributed by atoms with Crippen molar-refractivity contribution in [1.29, 1.82) is 0 Å². The third-order valence-electron chi connectivity index (χ3n) is 11.9. The van der Waals surface area contributed by atoms with E-state index in [4.69, 9.17) is 28.1 Å². The standard InChI is InChI=1S/C42H40N5O9P/c1-19(2)33-40-45-35-37(55-40)42-26-10-6-9-24(23-8-7-11-28-32(23)25(18-47(28)5)31-17-43-39(35)53-31)34(26)46-41(42)54-30-13-12-21(15-27(30)42)14-22(38(49)44-33)16-29(48)36(20(3)4)56-57(50,51)52/h6-13,15,17-20,22,33,36,41,46H,14,16H2,1-5H3,(H,44,49)(H2,50,51,52). The molecule has 6 aromatic rings. The van der Waals surface area contributed by atoms with Crippen LogP contribution >= 0.6 is 7.82 Å². The third kappa shape index (κ3) is 5.31. The molecule has 10 bridgehead atoms. The molecule has 1 amide bonds. The van der Waals surface area contributed by atoms with Gasteiger partial charge in [0.2, 0.25) is 17.7 Å². The van der Waals surface area contributed by atoms with Crippen molar-refractivity contribution < 1.29 is 42.0 Å². The van der Waals surface area contributed by atoms with Gasteiger partial charge in [-0.1, -0.05) is 70.2 Å². The number of anilines is 1. The number of para-hydroxylation sites is 1. The number of phosphoric acid groups is 1. The van der Waals surface area contributed by atoms with Crippen LogP contribution in [0.1, 0.15) is 68.5 Å². The SMILES string of the molecule is CC(C)C(OP(=O)(O)O)C(=O)CC1Cc2ccc3c(c2)C24c5cccc(c5NC2O3)-c2cccc3c2c(cn3C)-c2cnc(o2)-c2nc(oc24)C(C(C)C)NC1=O. The normalized spacial score (nSPS) is 22.1. The molecule has 292 valence electrons. The number of nitrogens with one attached hydrogen (secondary N) is 2. The van der Waals surface area contributed by atoms with E-state index in [-0.39, 0.29) is 30.5 Å². The fourth-order valence-corrected chi connectivity index (χ4v) is 9.94. The summed E-state index contributed by atoms with van der Waals surface area (Å²) >= 11 is 0. The van der Waals surface area contributed by atoms with Crippen molar-refractivity contribution in [2.45, 2.75) is 64.3 Å². The number of amides is 1. The van der Waals surface area contributed by atoms with Crippen LogP contribution < -0.4 is 15.4 Å². The van der Waals surface area contributed by atoms with Crippen LogP contribution in [0.15, 0.2) is 75.8 Å². The Labute approximate surface area is 326 Å². The van der Waals surface area contributed by atoms with E-state index < -0.39 is 55.1 Å². The van der Waals surface area contributed by atoms with Gasteiger partial charge in [-0.15, -0.1) is 0 Å². The first-order valence-electron chi connectivity index (χ1n) is 19.1. The van der Waals surface area contributed by atoms with Crippen LogP contribution in [0.3, 0.4) is 0 Å². The molecule has 4 N–H and O–H groups in total. The van der Waals surface area contributed by atoms with Gasteiger partial charge in [0.05, 0.1) is 6.20 Å². The molecule has 5 atom stereocenters. The number of carbonyl (C=O) groups excluding carboxylic acids is 2. The molecular formula is C42H40N5O9P. The molecule has 3 aromatic heterocycles. The second-order valence-electron chi connectivity index (χ2n) is 16.2. The molecule has 0 saturated carbocycles. The van der Waals surface area contributed by atoms with E-state index >= 15 is 0 Å². The minimum atomic E-state index is -5.01. The summed E-state index contributed by atoms with van der Waals surface area (Å²) in [5, 5.41) is 7.90. The minimum absolute atomic E-state index is 0.137. The molecule has 0 fully saturated rings. The molecule has 4 aliphatic heterocycles. The zero-order chi connectivity index (χ0) is 39.7. The molecule has 0 saturated heterocycles. The summed E-state index contributed by atoms with van der Waals surface area (Å²) in [6.07, 6.45) is 1.44. The maximum atomic E-state index is 14.4. The van der Waals surface area contributed by atoms with Crippen molar-refractivity contribution in [2.75, 3.05) is 5.32 Å². The number of carbonyl (C=O) groups is 2. The highest BCUT2D eigenvalue weighted by Crippen LogP contribution is 2.61. The van der Waals surface area contributed by atoms with Crippen molar-refractivity contribution in [3.8, 4) is 39.8 Å². The first kappa shape index (κ1) is 35.9. The van der Waals surface area contributed by atoms with Gasteiger partial charge in [0.25, 0.3) is 0 Å². The Balaban J connectivity index is 1.23. The number of aryl methyl sites for hydroxylation is 1. The molecule has 7 heterocycles. The quantitative estimate of drug-likeness (QED) is 0.121. The summed E-state index contributed by atoms with van der Waals surface area (Å²) in [5.41, 5.74) is 6.40. The number of nitrogens with zero attached hydrogens (tertiary/aromatic N) is 3. The lowest BCUT2D eigenvalue weighted by Gasteiger charge is -2.29. The summed E-state index contributed by atoms with van der Waals surface area (Å²) in [6, 6.07) is 17.4. The predicted octanol–water partition coefficient (Wildman–Crippen LogP) is 7.03. The third-order valence-corrected chi connectivity index (χ3v) is 12.4. The lowest BCUT2D eigenvalue weighted by molar-refractivity contribution is -0.134. The van der Waals surface area contributed by atoms with Gasteiger partial charge in [0.15, 0.2) is 29.2 Å². The van der Waals surface area contributed by atoms with E-state index in [1.165, 1.54) is 0 Å². The number of hydrogen-bond donors (Lipinski definition) is 4. The van der Waals surface area contributed by atoms with Gasteiger partial charge >= 0.3 is 7.82 Å². The number of Topliss-reactive ketones (excluding diaryl/α,β-unsaturated/α-hetero) is 1. The van der Waals surface area contributed by atoms with Crippen molar-refractivity contribution in [3.05, 3.63) is 95.3 Å². The van der Waals surface area contributed by atoms with Crippen LogP contribution in [0.4, 0.5) is 5.69 Å². The van der Waals surface area contributed by atoms with E-state index in [0.717, 1.165) is 50.0 Å². The number of fused-ring (bicyclic) bond motifs is 7. The zero-order valence-corrected chi connectivity index (χ0v) is 32.7. The van der Waals surface area contributed by atoms with Crippen molar-refractivity contribution in [1.82, 2.24) is 19.9 Å². The predicted molar refractivity (Wildman–Crippen MR) is 208 cm³/mol. The highest BCUT2D eigenvalue weighted by atomic mass is 31.2. The number of phosphoric ester groups is 1. The number of oxazole rings is 2. The zero-order valence-electron chi connectivity index (χ0n) is 31.8. The Morgan fingerprint density at radius 1 is 1.04 bits per heavy atom. The molecule has 0 aliphatic carbocycles. The van der Waals surface area contributed by atoms with Gasteiger partial charge in [0, 0.05) is 64.4 Å². The molecule has 15 heteroatoms. The van der Waals surface area contributed by atoms with E-state index in [1.54, 1.807) is 20.0 Å². The number of benzene rings is 3. The van der Waals surface area contributed by atoms with E-state index in [1.807, 2.05) is 57.4 Å². The average molecular weight is 790 g/mol. The van der Waals surface area contributed by atoms with Crippen molar-refractivity contribution in [2.24, 2.45) is 24.8 Å². The highest BCUT2D eigenvalue weighted by Gasteiger charge is 2.61. The van der Waals surface area contributed by atoms with E-state index in [2.05, 4.69) is 39.5 Å². The molecule has 3 aromatic carbocycles. The van der Waals surface area contributed by atoms with Gasteiger partial charge in [0.1, 0.15) is 23.3 Å². The summed E-state index contributed by atoms with van der Waals surface area (Å²) in [7, 11) is -3.00. The Kier molecular flexibility index (Phi) is 7.85. The largest absolute Gasteiger partial charge is 0.470 e. The van der Waals surface area contributed by atoms with Crippen molar-refractivity contribution >= 4 is 36.1 Å². The molecule has 4 aliphatic rings. The van der Waals surface area contributed by atoms with Crippen LogP contribution in [-0.2, 0) is 37.6 Å². The lowest BCUT2D eigenvalue weighted by Crippen LogP contribution is -2.41. The van der Waals surface area contributed by atoms with Crippen LogP contribution in [0, 0.1) is 17.8 Å². The Bertz CT molecular complexity index is 2720. The van der Waals surface area contributed by atoms with Gasteiger partial charge in [-0.2, -0.15) is 0 Å². The van der Waals surface area contributed by atoms with Crippen molar-refractivity contribution in [3.63, 3.8) is 0 Å². The number of ether oxygens (including phenoxy) is 1.